The van der Waals surface area contributed by atoms with Gasteiger partial charge in [-0.1, -0.05) is 10.3 Å². The topological polar surface area (TPSA) is 93.3 Å². The normalized spacial score (nSPS) is 18.0. The van der Waals surface area contributed by atoms with Gasteiger partial charge in [0.1, 0.15) is 36.4 Å². The standard InChI is InChI=1S/C22H20FN5O4/c23-20-11-16(28-13-18(31-22(28)29)4-3-17-7-8-25-32-17)2-5-19(20)15-1-6-21(24-12-15)27-9-10-30-26-14-27/h1-2,5-8,11-12,14,18H,3-4,9-10,13H2/t18-/m0/s1. The number of aryl methyl sites for hydroxylation is 1. The minimum Gasteiger partial charge on any atom is -0.444 e. The molecule has 2 aliphatic heterocycles. The molecule has 1 aromatic carbocycles. The fourth-order valence-electron chi connectivity index (χ4n) is 3.69. The van der Waals surface area contributed by atoms with Crippen LogP contribution in [0, 0.1) is 5.82 Å². The van der Waals surface area contributed by atoms with Crippen molar-refractivity contribution in [1.82, 2.24) is 10.1 Å². The number of oxime groups is 1. The van der Waals surface area contributed by atoms with Gasteiger partial charge < -0.3 is 19.0 Å². The number of carbonyl (C=O) groups excluding carboxylic acids is 1. The molecular formula is C22H20FN5O4. The molecule has 0 unspecified atom stereocenters. The molecule has 32 heavy (non-hydrogen) atoms. The van der Waals surface area contributed by atoms with E-state index in [0.717, 1.165) is 5.76 Å². The zero-order valence-electron chi connectivity index (χ0n) is 17.1. The quantitative estimate of drug-likeness (QED) is 0.582. The summed E-state index contributed by atoms with van der Waals surface area (Å²) in [7, 11) is 0. The molecule has 10 heteroatoms. The summed E-state index contributed by atoms with van der Waals surface area (Å²) < 4.78 is 25.4. The molecule has 0 spiro atoms. The van der Waals surface area contributed by atoms with Crippen LogP contribution in [0.25, 0.3) is 11.1 Å². The fourth-order valence-corrected chi connectivity index (χ4v) is 3.69. The second-order valence-electron chi connectivity index (χ2n) is 7.45. The van der Waals surface area contributed by atoms with Crippen LogP contribution >= 0.6 is 0 Å². The van der Waals surface area contributed by atoms with E-state index in [4.69, 9.17) is 14.1 Å². The zero-order chi connectivity index (χ0) is 21.9. The van der Waals surface area contributed by atoms with Crippen molar-refractivity contribution in [3.63, 3.8) is 0 Å². The third-order valence-corrected chi connectivity index (χ3v) is 5.38. The van der Waals surface area contributed by atoms with E-state index in [1.165, 1.54) is 11.0 Å². The highest BCUT2D eigenvalue weighted by molar-refractivity contribution is 5.90. The van der Waals surface area contributed by atoms with Crippen LogP contribution in [0.4, 0.5) is 20.7 Å². The van der Waals surface area contributed by atoms with E-state index in [0.29, 0.717) is 55.2 Å². The van der Waals surface area contributed by atoms with Crippen LogP contribution < -0.4 is 9.80 Å². The summed E-state index contributed by atoms with van der Waals surface area (Å²) >= 11 is 0. The van der Waals surface area contributed by atoms with Crippen LogP contribution in [0.3, 0.4) is 0 Å². The maximum atomic E-state index is 14.9. The number of benzene rings is 1. The number of aromatic nitrogens is 2. The maximum absolute atomic E-state index is 14.9. The SMILES string of the molecule is O=C1O[C@@H](CCc2ccno2)CN1c1ccc(-c2ccc(N3C=NOCC3)nc2)c(F)c1. The number of hydrogen-bond donors (Lipinski definition) is 0. The Hall–Kier alpha value is -3.95. The number of nitrogens with zero attached hydrogens (tertiary/aromatic N) is 5. The van der Waals surface area contributed by atoms with Gasteiger partial charge in [-0.25, -0.2) is 14.2 Å². The number of hydrogen-bond acceptors (Lipinski definition) is 8. The largest absolute Gasteiger partial charge is 0.444 e. The molecule has 0 N–H and O–H groups in total. The fraction of sp³-hybridized carbons (Fsp3) is 0.273. The minimum absolute atomic E-state index is 0.296. The second kappa shape index (κ2) is 8.66. The van der Waals surface area contributed by atoms with Crippen molar-refractivity contribution in [1.29, 1.82) is 0 Å². The van der Waals surface area contributed by atoms with Crippen LogP contribution in [0.2, 0.25) is 0 Å². The highest BCUT2D eigenvalue weighted by Gasteiger charge is 2.32. The van der Waals surface area contributed by atoms with Crippen molar-refractivity contribution in [3.8, 4) is 11.1 Å². The smallest absolute Gasteiger partial charge is 0.414 e. The molecule has 1 fully saturated rings. The lowest BCUT2D eigenvalue weighted by Gasteiger charge is -2.20. The molecule has 0 radical (unpaired) electrons. The second-order valence-corrected chi connectivity index (χ2v) is 7.45. The number of pyridine rings is 1. The van der Waals surface area contributed by atoms with Gasteiger partial charge in [-0.15, -0.1) is 0 Å². The average Bonchev–Trinajstić information content (AvgIpc) is 3.48. The number of cyclic esters (lactones) is 1. The van der Waals surface area contributed by atoms with Crippen LogP contribution in [-0.2, 0) is 16.0 Å². The Kier molecular flexibility index (Phi) is 5.40. The number of ether oxygens (including phenoxy) is 1. The summed E-state index contributed by atoms with van der Waals surface area (Å²) in [5.74, 6) is 0.993. The molecule has 0 aliphatic carbocycles. The summed E-state index contributed by atoms with van der Waals surface area (Å²) in [6, 6.07) is 10.1. The van der Waals surface area contributed by atoms with E-state index in [-0.39, 0.29) is 6.10 Å². The summed E-state index contributed by atoms with van der Waals surface area (Å²) in [6.07, 6.45) is 5.18. The van der Waals surface area contributed by atoms with Gasteiger partial charge in [0.15, 0.2) is 0 Å². The maximum Gasteiger partial charge on any atom is 0.414 e. The Labute approximate surface area is 183 Å². The van der Waals surface area contributed by atoms with Gasteiger partial charge in [0.2, 0.25) is 0 Å². The van der Waals surface area contributed by atoms with Gasteiger partial charge in [-0.05, 0) is 36.8 Å². The number of anilines is 2. The minimum atomic E-state index is -0.488. The Morgan fingerprint density at radius 3 is 2.84 bits per heavy atom. The lowest BCUT2D eigenvalue weighted by Crippen LogP contribution is -2.29. The van der Waals surface area contributed by atoms with Crippen molar-refractivity contribution < 1.29 is 23.3 Å². The third-order valence-electron chi connectivity index (χ3n) is 5.38. The first kappa shape index (κ1) is 20.0. The van der Waals surface area contributed by atoms with Crippen LogP contribution in [-0.4, -0.2) is 48.4 Å². The van der Waals surface area contributed by atoms with Crippen LogP contribution in [0.1, 0.15) is 12.2 Å². The summed E-state index contributed by atoms with van der Waals surface area (Å²) in [6.45, 7) is 1.48. The molecule has 2 aliphatic rings. The molecule has 164 valence electrons. The molecule has 1 atom stereocenters. The molecular weight excluding hydrogens is 417 g/mol. The number of halogens is 1. The summed E-state index contributed by atoms with van der Waals surface area (Å²) in [5.41, 5.74) is 1.49. The predicted octanol–water partition coefficient (Wildman–Crippen LogP) is 3.61. The zero-order valence-corrected chi connectivity index (χ0v) is 17.1. The van der Waals surface area contributed by atoms with Gasteiger partial charge in [0, 0.05) is 29.8 Å². The number of carbonyl (C=O) groups is 1. The Morgan fingerprint density at radius 2 is 2.12 bits per heavy atom. The van der Waals surface area contributed by atoms with Crippen molar-refractivity contribution in [2.24, 2.45) is 5.16 Å². The average molecular weight is 437 g/mol. The summed E-state index contributed by atoms with van der Waals surface area (Å²) in [4.78, 5) is 24.9. The lowest BCUT2D eigenvalue weighted by molar-refractivity contribution is 0.135. The van der Waals surface area contributed by atoms with Gasteiger partial charge >= 0.3 is 6.09 Å². The van der Waals surface area contributed by atoms with E-state index in [9.17, 15) is 9.18 Å². The highest BCUT2D eigenvalue weighted by Crippen LogP contribution is 2.30. The molecule has 9 nitrogen and oxygen atoms in total. The molecule has 3 aromatic rings. The van der Waals surface area contributed by atoms with Crippen molar-refractivity contribution >= 4 is 23.9 Å². The first-order valence-corrected chi connectivity index (χ1v) is 10.2. The predicted molar refractivity (Wildman–Crippen MR) is 114 cm³/mol. The molecule has 1 amide bonds. The molecule has 1 saturated heterocycles. The van der Waals surface area contributed by atoms with Gasteiger partial charge in [-0.2, -0.15) is 0 Å². The van der Waals surface area contributed by atoms with Crippen LogP contribution in [0.15, 0.2) is 58.5 Å². The molecule has 4 heterocycles. The Bertz CT molecular complexity index is 1120. The summed E-state index contributed by atoms with van der Waals surface area (Å²) in [5, 5.41) is 7.43. The molecule has 5 rings (SSSR count). The van der Waals surface area contributed by atoms with Gasteiger partial charge in [0.25, 0.3) is 0 Å². The first-order valence-electron chi connectivity index (χ1n) is 10.2. The van der Waals surface area contributed by atoms with E-state index >= 15 is 0 Å². The van der Waals surface area contributed by atoms with Crippen molar-refractivity contribution in [2.45, 2.75) is 18.9 Å². The molecule has 0 bridgehead atoms. The number of rotatable bonds is 6. The van der Waals surface area contributed by atoms with E-state index in [2.05, 4.69) is 15.3 Å². The Balaban J connectivity index is 1.27. The van der Waals surface area contributed by atoms with Gasteiger partial charge in [0.05, 0.1) is 25.0 Å². The van der Waals surface area contributed by atoms with Crippen molar-refractivity contribution in [2.75, 3.05) is 29.5 Å². The number of amides is 1. The first-order chi connectivity index (χ1) is 15.7. The van der Waals surface area contributed by atoms with Crippen LogP contribution in [0.5, 0.6) is 0 Å². The highest BCUT2D eigenvalue weighted by atomic mass is 19.1. The van der Waals surface area contributed by atoms with E-state index in [1.807, 2.05) is 4.90 Å². The monoisotopic (exact) mass is 437 g/mol. The Morgan fingerprint density at radius 1 is 1.19 bits per heavy atom. The van der Waals surface area contributed by atoms with E-state index in [1.54, 1.807) is 49.1 Å². The molecule has 0 saturated carbocycles. The van der Waals surface area contributed by atoms with Crippen molar-refractivity contribution in [3.05, 3.63) is 60.4 Å². The van der Waals surface area contributed by atoms with E-state index < -0.39 is 11.9 Å². The lowest BCUT2D eigenvalue weighted by atomic mass is 10.1. The van der Waals surface area contributed by atoms with Gasteiger partial charge in [-0.3, -0.25) is 4.90 Å². The third kappa shape index (κ3) is 4.11. The molecule has 2 aromatic heterocycles.